The van der Waals surface area contributed by atoms with E-state index in [2.05, 4.69) is 36.7 Å². The Kier molecular flexibility index (Phi) is 3.11. The van der Waals surface area contributed by atoms with Crippen LogP contribution >= 0.6 is 0 Å². The van der Waals surface area contributed by atoms with E-state index < -0.39 is 0 Å². The lowest BCUT2D eigenvalue weighted by Gasteiger charge is -2.23. The molecule has 2 N–H and O–H groups in total. The fourth-order valence-electron chi connectivity index (χ4n) is 1.97. The van der Waals surface area contributed by atoms with E-state index in [0.717, 1.165) is 24.2 Å². The van der Waals surface area contributed by atoms with Crippen molar-refractivity contribution < 1.29 is 4.74 Å². The van der Waals surface area contributed by atoms with E-state index >= 15 is 0 Å². The minimum absolute atomic E-state index is 0.0971. The van der Waals surface area contributed by atoms with Gasteiger partial charge in [0.15, 0.2) is 0 Å². The number of benzene rings is 1. The molecule has 3 nitrogen and oxygen atoms in total. The molecular formula is C14H20N2O. The van der Waals surface area contributed by atoms with Crippen molar-refractivity contribution in [3.8, 4) is 0 Å². The zero-order valence-corrected chi connectivity index (χ0v) is 10.7. The Balaban J connectivity index is 2.25. The number of para-hydroxylation sites is 1. The van der Waals surface area contributed by atoms with E-state index in [-0.39, 0.29) is 5.60 Å². The molecule has 2 rings (SSSR count). The second-order valence-corrected chi connectivity index (χ2v) is 5.01. The molecule has 0 aliphatic rings. The van der Waals surface area contributed by atoms with Crippen LogP contribution in [0.4, 0.5) is 5.69 Å². The highest BCUT2D eigenvalue weighted by atomic mass is 16.5. The molecule has 0 aliphatic heterocycles. The predicted molar refractivity (Wildman–Crippen MR) is 72.1 cm³/mol. The monoisotopic (exact) mass is 232 g/mol. The molecule has 0 amide bonds. The van der Waals surface area contributed by atoms with Crippen LogP contribution in [0.3, 0.4) is 0 Å². The van der Waals surface area contributed by atoms with Crippen LogP contribution in [0.2, 0.25) is 0 Å². The number of ether oxygens (including phenoxy) is 1. The lowest BCUT2D eigenvalue weighted by Crippen LogP contribution is -2.24. The van der Waals surface area contributed by atoms with Crippen LogP contribution in [0, 0.1) is 0 Å². The summed E-state index contributed by atoms with van der Waals surface area (Å²) in [6.45, 7) is 5.11. The number of aromatic nitrogens is 1. The van der Waals surface area contributed by atoms with Gasteiger partial charge in [-0.25, -0.2) is 0 Å². The third-order valence-corrected chi connectivity index (χ3v) is 3.33. The molecule has 3 heteroatoms. The van der Waals surface area contributed by atoms with Gasteiger partial charge in [-0.2, -0.15) is 0 Å². The van der Waals surface area contributed by atoms with Gasteiger partial charge in [0.05, 0.1) is 16.8 Å². The molecule has 1 aromatic carbocycles. The van der Waals surface area contributed by atoms with E-state index in [1.807, 2.05) is 12.1 Å². The average Bonchev–Trinajstić information content (AvgIpc) is 2.71. The topological polar surface area (TPSA) is 40.2 Å². The molecule has 2 aromatic rings. The van der Waals surface area contributed by atoms with Crippen molar-refractivity contribution in [1.82, 2.24) is 4.57 Å². The van der Waals surface area contributed by atoms with Gasteiger partial charge in [0.25, 0.3) is 0 Å². The highest BCUT2D eigenvalue weighted by Crippen LogP contribution is 2.24. The molecule has 0 radical (unpaired) electrons. The second-order valence-electron chi connectivity index (χ2n) is 5.01. The maximum absolute atomic E-state index is 6.02. The highest BCUT2D eigenvalue weighted by molar-refractivity contribution is 5.90. The first-order chi connectivity index (χ1) is 8.03. The highest BCUT2D eigenvalue weighted by Gasteiger charge is 2.16. The molecule has 0 spiro atoms. The Morgan fingerprint density at radius 2 is 2.06 bits per heavy atom. The summed E-state index contributed by atoms with van der Waals surface area (Å²) in [4.78, 5) is 0. The van der Waals surface area contributed by atoms with Gasteiger partial charge < -0.3 is 15.0 Å². The van der Waals surface area contributed by atoms with E-state index in [1.165, 1.54) is 5.39 Å². The van der Waals surface area contributed by atoms with E-state index in [4.69, 9.17) is 10.5 Å². The molecular weight excluding hydrogens is 212 g/mol. The average molecular weight is 232 g/mol. The Labute approximate surface area is 102 Å². The Morgan fingerprint density at radius 3 is 2.76 bits per heavy atom. The lowest BCUT2D eigenvalue weighted by atomic mass is 10.1. The number of aryl methyl sites for hydroxylation is 1. The standard InChI is InChI=1S/C14H20N2O/c1-14(2,17-3)8-10-16-9-7-11-5-4-6-12(15)13(11)16/h4-7,9H,8,10,15H2,1-3H3. The Hall–Kier alpha value is -1.48. The van der Waals surface area contributed by atoms with Gasteiger partial charge in [0.1, 0.15) is 0 Å². The van der Waals surface area contributed by atoms with E-state index in [0.29, 0.717) is 0 Å². The van der Waals surface area contributed by atoms with Crippen molar-refractivity contribution >= 4 is 16.6 Å². The molecule has 0 saturated heterocycles. The zero-order chi connectivity index (χ0) is 12.5. The summed E-state index contributed by atoms with van der Waals surface area (Å²) in [6.07, 6.45) is 3.05. The molecule has 1 heterocycles. The third kappa shape index (κ3) is 2.44. The third-order valence-electron chi connectivity index (χ3n) is 3.33. The van der Waals surface area contributed by atoms with E-state index in [1.54, 1.807) is 7.11 Å². The molecule has 92 valence electrons. The fraction of sp³-hybridized carbons (Fsp3) is 0.429. The molecule has 0 aliphatic carbocycles. The number of hydrogen-bond donors (Lipinski definition) is 1. The van der Waals surface area contributed by atoms with Gasteiger partial charge in [0.2, 0.25) is 0 Å². The van der Waals surface area contributed by atoms with Crippen molar-refractivity contribution in [2.75, 3.05) is 12.8 Å². The van der Waals surface area contributed by atoms with Gasteiger partial charge in [-0.3, -0.25) is 0 Å². The van der Waals surface area contributed by atoms with Gasteiger partial charge in [-0.15, -0.1) is 0 Å². The number of nitrogen functional groups attached to an aromatic ring is 1. The van der Waals surface area contributed by atoms with Crippen molar-refractivity contribution in [2.24, 2.45) is 0 Å². The Morgan fingerprint density at radius 1 is 1.29 bits per heavy atom. The maximum Gasteiger partial charge on any atom is 0.0713 e. The molecule has 17 heavy (non-hydrogen) atoms. The summed E-state index contributed by atoms with van der Waals surface area (Å²) in [6, 6.07) is 8.12. The summed E-state index contributed by atoms with van der Waals surface area (Å²) in [5.41, 5.74) is 7.88. The summed E-state index contributed by atoms with van der Waals surface area (Å²) in [7, 11) is 1.75. The number of rotatable bonds is 4. The summed E-state index contributed by atoms with van der Waals surface area (Å²) in [5.74, 6) is 0. The summed E-state index contributed by atoms with van der Waals surface area (Å²) < 4.78 is 7.63. The number of hydrogen-bond acceptors (Lipinski definition) is 2. The Bertz CT molecular complexity index is 514. The van der Waals surface area contributed by atoms with Crippen molar-refractivity contribution in [2.45, 2.75) is 32.4 Å². The first kappa shape index (κ1) is 12.0. The number of anilines is 1. The van der Waals surface area contributed by atoms with Crippen LogP contribution in [-0.2, 0) is 11.3 Å². The van der Waals surface area contributed by atoms with Crippen LogP contribution in [0.1, 0.15) is 20.3 Å². The molecule has 0 fully saturated rings. The predicted octanol–water partition coefficient (Wildman–Crippen LogP) is 3.04. The van der Waals surface area contributed by atoms with Crippen LogP contribution in [0.5, 0.6) is 0 Å². The first-order valence-electron chi connectivity index (χ1n) is 5.92. The van der Waals surface area contributed by atoms with E-state index in [9.17, 15) is 0 Å². The normalized spacial score (nSPS) is 12.2. The minimum Gasteiger partial charge on any atom is -0.397 e. The van der Waals surface area contributed by atoms with Gasteiger partial charge >= 0.3 is 0 Å². The second kappa shape index (κ2) is 4.41. The summed E-state index contributed by atoms with van der Waals surface area (Å²) in [5, 5.41) is 1.19. The van der Waals surface area contributed by atoms with Crippen LogP contribution in [0.25, 0.3) is 10.9 Å². The molecule has 0 saturated carbocycles. The minimum atomic E-state index is -0.0971. The van der Waals surface area contributed by atoms with Crippen molar-refractivity contribution in [3.63, 3.8) is 0 Å². The zero-order valence-electron chi connectivity index (χ0n) is 10.7. The number of nitrogens with two attached hydrogens (primary N) is 1. The smallest absolute Gasteiger partial charge is 0.0713 e. The molecule has 0 unspecified atom stereocenters. The number of methoxy groups -OCH3 is 1. The number of nitrogens with zero attached hydrogens (tertiary/aromatic N) is 1. The van der Waals surface area contributed by atoms with Crippen molar-refractivity contribution in [1.29, 1.82) is 0 Å². The van der Waals surface area contributed by atoms with Gasteiger partial charge in [-0.1, -0.05) is 12.1 Å². The van der Waals surface area contributed by atoms with Gasteiger partial charge in [-0.05, 0) is 32.4 Å². The fourth-order valence-corrected chi connectivity index (χ4v) is 1.97. The van der Waals surface area contributed by atoms with Crippen LogP contribution < -0.4 is 5.73 Å². The SMILES string of the molecule is COC(C)(C)CCn1ccc2cccc(N)c21. The summed E-state index contributed by atoms with van der Waals surface area (Å²) >= 11 is 0. The molecule has 0 bridgehead atoms. The molecule has 0 atom stereocenters. The molecule has 1 aromatic heterocycles. The van der Waals surface area contributed by atoms with Crippen LogP contribution in [-0.4, -0.2) is 17.3 Å². The van der Waals surface area contributed by atoms with Gasteiger partial charge in [0, 0.05) is 25.2 Å². The number of fused-ring (bicyclic) bond motifs is 1. The maximum atomic E-state index is 6.02. The van der Waals surface area contributed by atoms with Crippen molar-refractivity contribution in [3.05, 3.63) is 30.5 Å². The largest absolute Gasteiger partial charge is 0.397 e. The first-order valence-corrected chi connectivity index (χ1v) is 5.92. The quantitative estimate of drug-likeness (QED) is 0.823. The lowest BCUT2D eigenvalue weighted by molar-refractivity contribution is 0.0123. The van der Waals surface area contributed by atoms with Crippen LogP contribution in [0.15, 0.2) is 30.5 Å².